The van der Waals surface area contributed by atoms with E-state index in [1.807, 2.05) is 17.5 Å². The maximum absolute atomic E-state index is 5.35. The van der Waals surface area contributed by atoms with Gasteiger partial charge in [0.25, 0.3) is 0 Å². The lowest BCUT2D eigenvalue weighted by Crippen LogP contribution is -2.13. The molecule has 9 heavy (non-hydrogen) atoms. The molecule has 0 aliphatic carbocycles. The molecule has 0 bridgehead atoms. The zero-order valence-corrected chi connectivity index (χ0v) is 5.69. The number of hydrogen-bond acceptors (Lipinski definition) is 2. The SMILES string of the molecule is c1cc2[s+](c1)OCCO2. The van der Waals surface area contributed by atoms with E-state index >= 15 is 0 Å². The van der Waals surface area contributed by atoms with E-state index in [0.29, 0.717) is 6.61 Å². The Morgan fingerprint density at radius 1 is 1.44 bits per heavy atom. The molecule has 0 radical (unpaired) electrons. The predicted octanol–water partition coefficient (Wildman–Crippen LogP) is 1.26. The quantitative estimate of drug-likeness (QED) is 0.509. The Labute approximate surface area is 56.2 Å². The van der Waals surface area contributed by atoms with Crippen LogP contribution in [0.3, 0.4) is 0 Å². The maximum atomic E-state index is 5.35. The Bertz CT molecular complexity index is 186. The van der Waals surface area contributed by atoms with Crippen LogP contribution in [0.15, 0.2) is 17.5 Å². The fraction of sp³-hybridized carbons (Fsp3) is 0.333. The Hall–Kier alpha value is -0.540. The Morgan fingerprint density at radius 2 is 2.44 bits per heavy atom. The third kappa shape index (κ3) is 0.821. The zero-order valence-electron chi connectivity index (χ0n) is 4.87. The summed E-state index contributed by atoms with van der Waals surface area (Å²) in [5.41, 5.74) is 0. The molecule has 2 heterocycles. The Morgan fingerprint density at radius 3 is 3.33 bits per heavy atom. The molecular formula is C6H7O2S+. The molecule has 0 N–H and O–H groups in total. The highest BCUT2D eigenvalue weighted by molar-refractivity contribution is 7.26. The van der Waals surface area contributed by atoms with Gasteiger partial charge in [0.2, 0.25) is 0 Å². The topological polar surface area (TPSA) is 18.5 Å². The molecule has 2 rings (SSSR count). The van der Waals surface area contributed by atoms with Gasteiger partial charge in [-0.05, 0) is 0 Å². The molecule has 1 unspecified atom stereocenters. The van der Waals surface area contributed by atoms with Crippen LogP contribution in [0.2, 0.25) is 0 Å². The molecule has 1 aliphatic heterocycles. The number of rotatable bonds is 0. The van der Waals surface area contributed by atoms with Gasteiger partial charge in [-0.1, -0.05) is 0 Å². The van der Waals surface area contributed by atoms with Crippen molar-refractivity contribution in [3.05, 3.63) is 17.5 Å². The van der Waals surface area contributed by atoms with E-state index in [4.69, 9.17) is 8.92 Å². The van der Waals surface area contributed by atoms with Gasteiger partial charge in [0, 0.05) is 12.1 Å². The highest BCUT2D eigenvalue weighted by atomic mass is 32.2. The van der Waals surface area contributed by atoms with Crippen molar-refractivity contribution in [2.45, 2.75) is 0 Å². The first-order valence-electron chi connectivity index (χ1n) is 2.84. The highest BCUT2D eigenvalue weighted by Crippen LogP contribution is 2.32. The summed E-state index contributed by atoms with van der Waals surface area (Å²) in [5, 5.41) is 3.01. The van der Waals surface area contributed by atoms with Gasteiger partial charge in [-0.3, -0.25) is 0 Å². The highest BCUT2D eigenvalue weighted by Gasteiger charge is 2.20. The van der Waals surface area contributed by atoms with Gasteiger partial charge in [-0.25, -0.2) is 0 Å². The molecule has 1 aliphatic rings. The van der Waals surface area contributed by atoms with Crippen LogP contribution in [0.1, 0.15) is 0 Å². The average molecular weight is 143 g/mol. The Kier molecular flexibility index (Phi) is 1.17. The van der Waals surface area contributed by atoms with Crippen molar-refractivity contribution < 1.29 is 8.92 Å². The standard InChI is InChI=1S/C6H7O2S/c1-2-6-7-3-4-8-9(6)5-1/h1-2,5H,3-4H2/q+1. The summed E-state index contributed by atoms with van der Waals surface area (Å²) in [6, 6.07) is 3.94. The van der Waals surface area contributed by atoms with E-state index in [-0.39, 0.29) is 10.8 Å². The van der Waals surface area contributed by atoms with Gasteiger partial charge >= 0.3 is 5.06 Å². The summed E-state index contributed by atoms with van der Waals surface area (Å²) >= 11 is 0. The predicted molar refractivity (Wildman–Crippen MR) is 35.9 cm³/mol. The van der Waals surface area contributed by atoms with Crippen molar-refractivity contribution in [1.29, 1.82) is 0 Å². The maximum Gasteiger partial charge on any atom is 0.364 e. The van der Waals surface area contributed by atoms with Crippen LogP contribution in [0, 0.1) is 0 Å². The van der Waals surface area contributed by atoms with Crippen LogP contribution >= 0.6 is 10.8 Å². The molecule has 0 aromatic carbocycles. The van der Waals surface area contributed by atoms with E-state index in [1.54, 1.807) is 0 Å². The first-order valence-corrected chi connectivity index (χ1v) is 4.06. The fourth-order valence-corrected chi connectivity index (χ4v) is 2.00. The Balaban J connectivity index is 2.39. The molecule has 3 heteroatoms. The molecule has 1 atom stereocenters. The monoisotopic (exact) mass is 143 g/mol. The van der Waals surface area contributed by atoms with Crippen molar-refractivity contribution in [2.75, 3.05) is 13.2 Å². The van der Waals surface area contributed by atoms with E-state index < -0.39 is 0 Å². The largest absolute Gasteiger partial charge is 0.448 e. The molecule has 0 saturated heterocycles. The second-order valence-electron chi connectivity index (χ2n) is 1.78. The van der Waals surface area contributed by atoms with Gasteiger partial charge in [0.05, 0.1) is 0 Å². The smallest absolute Gasteiger partial charge is 0.364 e. The van der Waals surface area contributed by atoms with Crippen LogP contribution in [0.5, 0.6) is 5.06 Å². The van der Waals surface area contributed by atoms with Crippen molar-refractivity contribution in [3.8, 4) is 5.06 Å². The van der Waals surface area contributed by atoms with E-state index in [1.165, 1.54) is 0 Å². The van der Waals surface area contributed by atoms with Crippen molar-refractivity contribution in [2.24, 2.45) is 0 Å². The van der Waals surface area contributed by atoms with E-state index in [0.717, 1.165) is 11.7 Å². The molecule has 0 spiro atoms. The minimum atomic E-state index is -0.127. The molecule has 1 aromatic rings. The lowest BCUT2D eigenvalue weighted by molar-refractivity contribution is 0.238. The third-order valence-electron chi connectivity index (χ3n) is 1.17. The molecule has 2 nitrogen and oxygen atoms in total. The van der Waals surface area contributed by atoms with Gasteiger partial charge in [0.1, 0.15) is 13.2 Å². The summed E-state index contributed by atoms with van der Waals surface area (Å²) < 4.78 is 10.6. The second kappa shape index (κ2) is 2.01. The molecule has 0 fully saturated rings. The summed E-state index contributed by atoms with van der Waals surface area (Å²) in [6.07, 6.45) is 0. The van der Waals surface area contributed by atoms with Crippen molar-refractivity contribution in [3.63, 3.8) is 0 Å². The molecule has 1 aromatic heterocycles. The van der Waals surface area contributed by atoms with Crippen LogP contribution in [-0.2, 0) is 0 Å². The summed E-state index contributed by atoms with van der Waals surface area (Å²) in [6.45, 7) is 1.43. The summed E-state index contributed by atoms with van der Waals surface area (Å²) in [5.74, 6) is 0. The van der Waals surface area contributed by atoms with Gasteiger partial charge < -0.3 is 4.74 Å². The molecular weight excluding hydrogens is 136 g/mol. The van der Waals surface area contributed by atoms with Crippen LogP contribution in [0.4, 0.5) is 0 Å². The minimum Gasteiger partial charge on any atom is -0.448 e. The normalized spacial score (nSPS) is 18.4. The number of thiophene rings is 1. The first kappa shape index (κ1) is 5.26. The number of fused-ring (bicyclic) bond motifs is 1. The summed E-state index contributed by atoms with van der Waals surface area (Å²) in [4.78, 5) is 0. The summed E-state index contributed by atoms with van der Waals surface area (Å²) in [7, 11) is -0.127. The number of hydrogen-bond donors (Lipinski definition) is 0. The lowest BCUT2D eigenvalue weighted by Gasteiger charge is -2.03. The number of ether oxygens (including phenoxy) is 1. The lowest BCUT2D eigenvalue weighted by atomic mass is 10.6. The van der Waals surface area contributed by atoms with Gasteiger partial charge in [0.15, 0.2) is 16.1 Å². The zero-order chi connectivity index (χ0) is 6.10. The molecule has 0 amide bonds. The minimum absolute atomic E-state index is 0.127. The second-order valence-corrected chi connectivity index (χ2v) is 3.29. The van der Waals surface area contributed by atoms with E-state index in [9.17, 15) is 0 Å². The van der Waals surface area contributed by atoms with Crippen LogP contribution in [-0.4, -0.2) is 13.2 Å². The van der Waals surface area contributed by atoms with Crippen molar-refractivity contribution in [1.82, 2.24) is 0 Å². The van der Waals surface area contributed by atoms with Gasteiger partial charge in [-0.2, -0.15) is 0 Å². The third-order valence-corrected chi connectivity index (χ3v) is 2.65. The van der Waals surface area contributed by atoms with Crippen molar-refractivity contribution >= 4 is 10.8 Å². The first-order chi connectivity index (χ1) is 4.47. The molecule has 48 valence electrons. The fourth-order valence-electron chi connectivity index (χ4n) is 0.793. The van der Waals surface area contributed by atoms with Crippen LogP contribution in [0.25, 0.3) is 0 Å². The van der Waals surface area contributed by atoms with Crippen LogP contribution < -0.4 is 8.92 Å². The van der Waals surface area contributed by atoms with Gasteiger partial charge in [-0.15, -0.1) is 4.18 Å². The molecule has 0 saturated carbocycles. The average Bonchev–Trinajstić information content (AvgIpc) is 2.33. The van der Waals surface area contributed by atoms with E-state index in [2.05, 4.69) is 0 Å².